The summed E-state index contributed by atoms with van der Waals surface area (Å²) in [5.74, 6) is 1.16. The molecule has 0 saturated heterocycles. The maximum Gasteiger partial charge on any atom is 0.249 e. The molecule has 0 bridgehead atoms. The van der Waals surface area contributed by atoms with Crippen LogP contribution in [0.4, 0.5) is 5.82 Å². The van der Waals surface area contributed by atoms with Crippen molar-refractivity contribution in [3.05, 3.63) is 48.1 Å². The fourth-order valence-corrected chi connectivity index (χ4v) is 4.07. The minimum Gasteiger partial charge on any atom is -0.330 e. The maximum absolute atomic E-state index is 12.6. The Hall–Kier alpha value is -3.48. The smallest absolute Gasteiger partial charge is 0.249 e. The van der Waals surface area contributed by atoms with Crippen LogP contribution in [0.3, 0.4) is 0 Å². The van der Waals surface area contributed by atoms with Gasteiger partial charge in [-0.3, -0.25) is 4.79 Å². The number of rotatable bonds is 4. The van der Waals surface area contributed by atoms with Crippen LogP contribution < -0.4 is 32.6 Å². The zero-order valence-electron chi connectivity index (χ0n) is 20.2. The van der Waals surface area contributed by atoms with Crippen molar-refractivity contribution in [2.75, 3.05) is 5.32 Å². The molecular weight excluding hydrogens is 404 g/mol. The number of fused-ring (bicyclic) bond motifs is 1. The lowest BCUT2D eigenvalue weighted by Gasteiger charge is -2.17. The summed E-state index contributed by atoms with van der Waals surface area (Å²) in [7, 11) is 12.6. The number of nitrogens with zero attached hydrogens (tertiary/aromatic N) is 4. The average molecular weight is 429 g/mol. The van der Waals surface area contributed by atoms with Crippen LogP contribution in [0, 0.1) is 6.92 Å². The molecule has 0 radical (unpaired) electrons. The number of amides is 1. The Morgan fingerprint density at radius 3 is 2.27 bits per heavy atom. The molecule has 6 nitrogen and oxygen atoms in total. The van der Waals surface area contributed by atoms with Crippen LogP contribution in [0.1, 0.15) is 11.4 Å². The number of carbonyl (C=O) groups is 1. The largest absolute Gasteiger partial charge is 0.330 e. The van der Waals surface area contributed by atoms with Crippen LogP contribution in [-0.4, -0.2) is 64.7 Å². The predicted molar refractivity (Wildman–Crippen MR) is 151 cm³/mol. The Morgan fingerprint density at radius 2 is 1.64 bits per heavy atom. The fourth-order valence-electron chi connectivity index (χ4n) is 4.07. The van der Waals surface area contributed by atoms with Gasteiger partial charge >= 0.3 is 0 Å². The minimum atomic E-state index is -0.227. The second-order valence-corrected chi connectivity index (χ2v) is 8.57. The molecule has 158 valence electrons. The Labute approximate surface area is 198 Å². The molecule has 0 fully saturated rings. The van der Waals surface area contributed by atoms with Gasteiger partial charge in [0.05, 0.1) is 23.1 Å². The number of carbonyl (C=O) groups excluding carboxylic acids is 1. The highest BCUT2D eigenvalue weighted by atomic mass is 16.1. The molecule has 0 atom stereocenters. The van der Waals surface area contributed by atoms with E-state index in [1.165, 1.54) is 27.3 Å². The molecule has 4 rings (SSSR count). The zero-order chi connectivity index (χ0) is 23.9. The topological polar surface area (TPSA) is 72.7 Å². The summed E-state index contributed by atoms with van der Waals surface area (Å²) >= 11 is 0. The lowest BCUT2D eigenvalue weighted by molar-refractivity contribution is -0.111. The Bertz CT molecular complexity index is 1420. The van der Waals surface area contributed by atoms with Gasteiger partial charge in [0.25, 0.3) is 0 Å². The van der Waals surface area contributed by atoms with Gasteiger partial charge in [0.15, 0.2) is 0 Å². The molecule has 0 aliphatic heterocycles. The van der Waals surface area contributed by atoms with Gasteiger partial charge in [0, 0.05) is 30.8 Å². The molecule has 4 aromatic rings. The number of nitrogens with one attached hydrogen (secondary N) is 1. The second-order valence-electron chi connectivity index (χ2n) is 8.57. The molecule has 0 unspecified atom stereocenters. The Balaban J connectivity index is 1.59. The number of aromatic nitrogens is 4. The van der Waals surface area contributed by atoms with Gasteiger partial charge in [-0.1, -0.05) is 17.0 Å². The van der Waals surface area contributed by atoms with Crippen molar-refractivity contribution >= 4 is 95.2 Å². The van der Waals surface area contributed by atoms with Gasteiger partial charge in [-0.2, -0.15) is 0 Å². The lowest BCUT2D eigenvalue weighted by Crippen LogP contribution is -2.55. The highest BCUT2D eigenvalue weighted by Crippen LogP contribution is 2.22. The highest BCUT2D eigenvalue weighted by molar-refractivity contribution is 6.67. The molecule has 11 heteroatoms. The first kappa shape index (κ1) is 22.7. The number of imidazole rings is 1. The van der Waals surface area contributed by atoms with Crippen LogP contribution in [0.15, 0.2) is 36.7 Å². The molecule has 1 aromatic carbocycles. The molecule has 1 amide bonds. The van der Waals surface area contributed by atoms with E-state index in [4.69, 9.17) is 4.98 Å². The van der Waals surface area contributed by atoms with Crippen molar-refractivity contribution in [1.29, 1.82) is 0 Å². The Morgan fingerprint density at radius 1 is 0.970 bits per heavy atom. The van der Waals surface area contributed by atoms with Crippen LogP contribution in [0.25, 0.3) is 28.4 Å². The predicted octanol–water partition coefficient (Wildman–Crippen LogP) is -4.72. The van der Waals surface area contributed by atoms with Crippen molar-refractivity contribution in [1.82, 2.24) is 19.5 Å². The van der Waals surface area contributed by atoms with E-state index in [2.05, 4.69) is 54.5 Å². The van der Waals surface area contributed by atoms with Crippen LogP contribution >= 0.6 is 0 Å². The summed E-state index contributed by atoms with van der Waals surface area (Å²) in [6, 6.07) is 5.73. The number of hydrogen-bond donors (Lipinski definition) is 1. The summed E-state index contributed by atoms with van der Waals surface area (Å²) in [6.07, 6.45) is 7.00. The van der Waals surface area contributed by atoms with Crippen molar-refractivity contribution in [3.8, 4) is 11.4 Å². The summed E-state index contributed by atoms with van der Waals surface area (Å²) < 4.78 is 2.00. The van der Waals surface area contributed by atoms with E-state index in [0.717, 1.165) is 33.7 Å². The van der Waals surface area contributed by atoms with E-state index >= 15 is 0 Å². The molecule has 0 aliphatic rings. The monoisotopic (exact) mass is 429 g/mol. The van der Waals surface area contributed by atoms with Crippen molar-refractivity contribution in [2.45, 2.75) is 6.92 Å². The third-order valence-corrected chi connectivity index (χ3v) is 6.77. The minimum absolute atomic E-state index is 0.227. The van der Waals surface area contributed by atoms with Crippen molar-refractivity contribution in [3.63, 3.8) is 0 Å². The quantitative estimate of drug-likeness (QED) is 0.262. The Kier molecular flexibility index (Phi) is 6.06. The lowest BCUT2D eigenvalue weighted by atomic mass is 9.60. The molecule has 0 saturated carbocycles. The van der Waals surface area contributed by atoms with E-state index in [0.29, 0.717) is 5.82 Å². The molecule has 0 spiro atoms. The molecule has 0 aliphatic carbocycles. The van der Waals surface area contributed by atoms with E-state index in [1.54, 1.807) is 18.3 Å². The summed E-state index contributed by atoms with van der Waals surface area (Å²) in [4.78, 5) is 26.1. The zero-order valence-corrected chi connectivity index (χ0v) is 20.2. The van der Waals surface area contributed by atoms with Gasteiger partial charge in [-0.15, -0.1) is 16.4 Å². The summed E-state index contributed by atoms with van der Waals surface area (Å²) in [5.41, 5.74) is 9.85. The van der Waals surface area contributed by atoms with Gasteiger partial charge in [-0.05, 0) is 24.6 Å². The average Bonchev–Trinajstić information content (AvgIpc) is 3.14. The number of anilines is 1. The van der Waals surface area contributed by atoms with Gasteiger partial charge in [0.2, 0.25) is 5.91 Å². The van der Waals surface area contributed by atoms with Gasteiger partial charge in [0.1, 0.15) is 50.9 Å². The third kappa shape index (κ3) is 4.27. The van der Waals surface area contributed by atoms with Crippen LogP contribution in [-0.2, 0) is 11.8 Å². The summed E-state index contributed by atoms with van der Waals surface area (Å²) in [5, 5.41) is 3.77. The van der Waals surface area contributed by atoms with E-state index in [9.17, 15) is 4.79 Å². The third-order valence-electron chi connectivity index (χ3n) is 6.77. The molecular formula is C22H24B5N5O. The molecule has 33 heavy (non-hydrogen) atoms. The highest BCUT2D eigenvalue weighted by Gasteiger charge is 2.11. The van der Waals surface area contributed by atoms with Crippen LogP contribution in [0.5, 0.6) is 0 Å². The van der Waals surface area contributed by atoms with Crippen molar-refractivity contribution in [2.24, 2.45) is 7.05 Å². The van der Waals surface area contributed by atoms with E-state index < -0.39 is 0 Å². The molecule has 1 N–H and O–H groups in total. The van der Waals surface area contributed by atoms with Crippen LogP contribution in [0.2, 0.25) is 0 Å². The van der Waals surface area contributed by atoms with E-state index in [-0.39, 0.29) is 5.91 Å². The number of aryl methyl sites for hydroxylation is 1. The van der Waals surface area contributed by atoms with Gasteiger partial charge < -0.3 is 9.88 Å². The summed E-state index contributed by atoms with van der Waals surface area (Å²) in [6.45, 7) is 1.96. The maximum atomic E-state index is 12.6. The SMILES string of the molecule is Bc1c(B)c(B)c(/C=C/C(=O)Nc2cc3nc(-c4cnc(C)n4C)ccc3cn2)c(B)c1B. The second kappa shape index (κ2) is 8.81. The fraction of sp³-hybridized carbons (Fsp3) is 0.0909. The first-order chi connectivity index (χ1) is 15.7. The first-order valence-corrected chi connectivity index (χ1v) is 11.0. The normalized spacial score (nSPS) is 11.3. The number of hydrogen-bond acceptors (Lipinski definition) is 4. The number of benzene rings is 1. The van der Waals surface area contributed by atoms with Gasteiger partial charge in [-0.25, -0.2) is 15.0 Å². The molecule has 3 heterocycles. The first-order valence-electron chi connectivity index (χ1n) is 11.0. The standard InChI is InChI=1S/C22H24B5N5O/c1-10-28-9-15(32(10)2)13-5-3-11-8-29-16(7-14(11)30-13)31-17(33)6-4-12-18(23)20(25)22(27)21(26)19(12)24/h3-9H,23-27H2,1-2H3,(H,29,31,33)/b6-4+. The van der Waals surface area contributed by atoms with E-state index in [1.807, 2.05) is 42.9 Å². The number of pyridine rings is 2. The molecule has 3 aromatic heterocycles. The van der Waals surface area contributed by atoms with Crippen molar-refractivity contribution < 1.29 is 4.79 Å².